The molecule has 1 heterocycles. The average Bonchev–Trinajstić information content (AvgIpc) is 2.85. The van der Waals surface area contributed by atoms with Crippen molar-refractivity contribution < 1.29 is 27.9 Å². The number of carbonyl (C=O) groups excluding carboxylic acids is 1. The Kier molecular flexibility index (Phi) is 6.01. The van der Waals surface area contributed by atoms with Gasteiger partial charge in [-0.2, -0.15) is 13.2 Å². The third-order valence-electron chi connectivity index (χ3n) is 2.57. The summed E-state index contributed by atoms with van der Waals surface area (Å²) in [6.45, 7) is -2.35. The molecule has 9 heteroatoms. The van der Waals surface area contributed by atoms with Gasteiger partial charge >= 0.3 is 18.2 Å². The second-order valence-electron chi connectivity index (χ2n) is 4.40. The minimum absolute atomic E-state index is 0.216. The number of halogens is 3. The number of carbonyl (C=O) groups is 2. The van der Waals surface area contributed by atoms with Crippen LogP contribution in [-0.4, -0.2) is 59.8 Å². The molecule has 0 bridgehead atoms. The summed E-state index contributed by atoms with van der Waals surface area (Å²) in [6, 6.07) is 2.74. The fraction of sp³-hybridized carbons (Fsp3) is 0.500. The van der Waals surface area contributed by atoms with Crippen molar-refractivity contribution >= 4 is 23.3 Å². The molecule has 1 aromatic rings. The van der Waals surface area contributed by atoms with E-state index in [0.717, 1.165) is 9.78 Å². The molecule has 1 N–H and O–H groups in total. The topological polar surface area (TPSA) is 60.9 Å². The van der Waals surface area contributed by atoms with Gasteiger partial charge in [0.2, 0.25) is 0 Å². The van der Waals surface area contributed by atoms with Gasteiger partial charge < -0.3 is 14.9 Å². The first-order chi connectivity index (χ1) is 9.69. The zero-order valence-corrected chi connectivity index (χ0v) is 12.1. The van der Waals surface area contributed by atoms with Crippen LogP contribution in [0.15, 0.2) is 17.5 Å². The molecule has 21 heavy (non-hydrogen) atoms. The van der Waals surface area contributed by atoms with Crippen molar-refractivity contribution in [1.29, 1.82) is 0 Å². The predicted molar refractivity (Wildman–Crippen MR) is 71.3 cm³/mol. The molecule has 0 aliphatic heterocycles. The van der Waals surface area contributed by atoms with Gasteiger partial charge in [0.15, 0.2) is 0 Å². The molecule has 0 saturated heterocycles. The summed E-state index contributed by atoms with van der Waals surface area (Å²) in [5.74, 6) is -1.49. The molecule has 0 unspecified atom stereocenters. The summed E-state index contributed by atoms with van der Waals surface area (Å²) in [5, 5.41) is 10.5. The van der Waals surface area contributed by atoms with E-state index in [0.29, 0.717) is 6.42 Å². The maximum absolute atomic E-state index is 12.4. The molecular formula is C12H15F3N2O3S. The van der Waals surface area contributed by atoms with Gasteiger partial charge in [0.1, 0.15) is 13.1 Å². The smallest absolute Gasteiger partial charge is 0.406 e. The summed E-state index contributed by atoms with van der Waals surface area (Å²) in [4.78, 5) is 24.9. The van der Waals surface area contributed by atoms with Gasteiger partial charge in [0.05, 0.1) is 0 Å². The lowest BCUT2D eigenvalue weighted by atomic mass is 10.3. The summed E-state index contributed by atoms with van der Waals surface area (Å²) in [5.41, 5.74) is 0. The van der Waals surface area contributed by atoms with Gasteiger partial charge in [0.25, 0.3) is 0 Å². The molecule has 1 rings (SSSR count). The number of carboxylic acid groups (broad SMARTS) is 1. The maximum atomic E-state index is 12.4. The van der Waals surface area contributed by atoms with Gasteiger partial charge in [-0.15, -0.1) is 11.3 Å². The molecular weight excluding hydrogens is 309 g/mol. The molecule has 0 spiro atoms. The van der Waals surface area contributed by atoms with Crippen LogP contribution in [0.5, 0.6) is 0 Å². The van der Waals surface area contributed by atoms with Crippen LogP contribution >= 0.6 is 11.3 Å². The van der Waals surface area contributed by atoms with E-state index in [2.05, 4.69) is 0 Å². The molecule has 5 nitrogen and oxygen atoms in total. The van der Waals surface area contributed by atoms with Crippen molar-refractivity contribution in [2.45, 2.75) is 12.6 Å². The van der Waals surface area contributed by atoms with Crippen molar-refractivity contribution in [3.8, 4) is 0 Å². The largest absolute Gasteiger partial charge is 0.480 e. The zero-order chi connectivity index (χ0) is 16.0. The molecule has 0 aliphatic rings. The number of alkyl halides is 3. The summed E-state index contributed by atoms with van der Waals surface area (Å²) < 4.78 is 37.2. The number of aliphatic carboxylic acids is 1. The minimum Gasteiger partial charge on any atom is -0.480 e. The fourth-order valence-corrected chi connectivity index (χ4v) is 2.34. The standard InChI is InChI=1S/C12H15F3N2O3S/c1-16(5-4-9-3-2-6-21-9)11(20)17(7-10(18)19)8-12(13,14)15/h2-3,6H,4-5,7-8H2,1H3,(H,18,19). The predicted octanol–water partition coefficient (Wildman–Crippen LogP) is 2.29. The lowest BCUT2D eigenvalue weighted by molar-refractivity contribution is -0.149. The van der Waals surface area contributed by atoms with E-state index in [1.807, 2.05) is 17.5 Å². The number of thiophene rings is 1. The van der Waals surface area contributed by atoms with Crippen LogP contribution in [0.2, 0.25) is 0 Å². The Morgan fingerprint density at radius 1 is 1.38 bits per heavy atom. The average molecular weight is 324 g/mol. The van der Waals surface area contributed by atoms with Crippen LogP contribution in [0.1, 0.15) is 4.88 Å². The quantitative estimate of drug-likeness (QED) is 0.873. The van der Waals surface area contributed by atoms with Crippen LogP contribution in [0.25, 0.3) is 0 Å². The highest BCUT2D eigenvalue weighted by molar-refractivity contribution is 7.09. The normalized spacial score (nSPS) is 11.2. The summed E-state index contributed by atoms with van der Waals surface area (Å²) in [6.07, 6.45) is -4.13. The molecule has 0 atom stereocenters. The van der Waals surface area contributed by atoms with Crippen LogP contribution in [-0.2, 0) is 11.2 Å². The second-order valence-corrected chi connectivity index (χ2v) is 5.43. The number of likely N-dealkylation sites (N-methyl/N-ethyl adjacent to an activating group) is 1. The molecule has 2 amide bonds. The summed E-state index contributed by atoms with van der Waals surface area (Å²) in [7, 11) is 1.35. The molecule has 0 fully saturated rings. The Morgan fingerprint density at radius 2 is 2.05 bits per heavy atom. The molecule has 0 aliphatic carbocycles. The van der Waals surface area contributed by atoms with Crippen molar-refractivity contribution in [3.63, 3.8) is 0 Å². The molecule has 118 valence electrons. The third kappa shape index (κ3) is 6.48. The second kappa shape index (κ2) is 7.30. The van der Waals surface area contributed by atoms with Crippen LogP contribution in [0.3, 0.4) is 0 Å². The Labute approximate surface area is 123 Å². The van der Waals surface area contributed by atoms with Crippen LogP contribution < -0.4 is 0 Å². The third-order valence-corrected chi connectivity index (χ3v) is 3.50. The van der Waals surface area contributed by atoms with Gasteiger partial charge in [-0.3, -0.25) is 4.79 Å². The lowest BCUT2D eigenvalue weighted by Crippen LogP contribution is -2.48. The first kappa shape index (κ1) is 17.3. The van der Waals surface area contributed by atoms with E-state index >= 15 is 0 Å². The number of hydrogen-bond donors (Lipinski definition) is 1. The summed E-state index contributed by atoms with van der Waals surface area (Å²) >= 11 is 1.48. The SMILES string of the molecule is CN(CCc1cccs1)C(=O)N(CC(=O)O)CC(F)(F)F. The Morgan fingerprint density at radius 3 is 2.52 bits per heavy atom. The number of amides is 2. The molecule has 0 saturated carbocycles. The van der Waals surface area contributed by atoms with E-state index in [1.54, 1.807) is 0 Å². The maximum Gasteiger partial charge on any atom is 0.406 e. The van der Waals surface area contributed by atoms with Gasteiger partial charge in [-0.1, -0.05) is 6.07 Å². The van der Waals surface area contributed by atoms with E-state index in [-0.39, 0.29) is 11.4 Å². The number of urea groups is 1. The van der Waals surface area contributed by atoms with E-state index in [4.69, 9.17) is 5.11 Å². The van der Waals surface area contributed by atoms with Crippen molar-refractivity contribution in [2.24, 2.45) is 0 Å². The first-order valence-electron chi connectivity index (χ1n) is 6.00. The van der Waals surface area contributed by atoms with Crippen LogP contribution in [0, 0.1) is 0 Å². The number of carboxylic acids is 1. The van der Waals surface area contributed by atoms with E-state index in [9.17, 15) is 22.8 Å². The van der Waals surface area contributed by atoms with Crippen molar-refractivity contribution in [3.05, 3.63) is 22.4 Å². The van der Waals surface area contributed by atoms with E-state index < -0.39 is 31.3 Å². The first-order valence-corrected chi connectivity index (χ1v) is 6.88. The zero-order valence-electron chi connectivity index (χ0n) is 11.3. The highest BCUT2D eigenvalue weighted by atomic mass is 32.1. The number of rotatable bonds is 6. The Balaban J connectivity index is 2.62. The molecule has 0 aromatic carbocycles. The lowest BCUT2D eigenvalue weighted by Gasteiger charge is -2.27. The molecule has 0 radical (unpaired) electrons. The monoisotopic (exact) mass is 324 g/mol. The minimum atomic E-state index is -4.64. The molecule has 1 aromatic heterocycles. The Hall–Kier alpha value is -1.77. The van der Waals surface area contributed by atoms with Gasteiger partial charge in [-0.25, -0.2) is 4.79 Å². The van der Waals surface area contributed by atoms with Gasteiger partial charge in [-0.05, 0) is 17.9 Å². The van der Waals surface area contributed by atoms with Gasteiger partial charge in [0, 0.05) is 18.5 Å². The highest BCUT2D eigenvalue weighted by Gasteiger charge is 2.34. The fourth-order valence-electron chi connectivity index (χ4n) is 1.64. The Bertz CT molecular complexity index is 477. The van der Waals surface area contributed by atoms with Crippen molar-refractivity contribution in [2.75, 3.05) is 26.7 Å². The highest BCUT2D eigenvalue weighted by Crippen LogP contribution is 2.17. The number of hydrogen-bond acceptors (Lipinski definition) is 3. The number of nitrogens with zero attached hydrogens (tertiary/aromatic N) is 2. The van der Waals surface area contributed by atoms with Crippen molar-refractivity contribution in [1.82, 2.24) is 9.80 Å². The van der Waals surface area contributed by atoms with E-state index in [1.165, 1.54) is 18.4 Å². The van der Waals surface area contributed by atoms with Crippen LogP contribution in [0.4, 0.5) is 18.0 Å².